The van der Waals surface area contributed by atoms with Crippen LogP contribution in [0.3, 0.4) is 0 Å². The number of carbonyl (C=O) groups excluding carboxylic acids is 1. The van der Waals surface area contributed by atoms with Crippen LogP contribution in [0.15, 0.2) is 28.9 Å². The van der Waals surface area contributed by atoms with Crippen LogP contribution in [0.5, 0.6) is 0 Å². The second kappa shape index (κ2) is 6.47. The van der Waals surface area contributed by atoms with Crippen molar-refractivity contribution in [1.29, 1.82) is 0 Å². The highest BCUT2D eigenvalue weighted by molar-refractivity contribution is 5.91. The van der Waals surface area contributed by atoms with Crippen LogP contribution in [0.1, 0.15) is 25.1 Å². The Kier molecular flexibility index (Phi) is 4.22. The number of carbonyl (C=O) groups is 1. The fourth-order valence-electron chi connectivity index (χ4n) is 2.30. The van der Waals surface area contributed by atoms with E-state index >= 15 is 0 Å². The van der Waals surface area contributed by atoms with Crippen LogP contribution in [-0.4, -0.2) is 25.8 Å². The first-order chi connectivity index (χ1) is 11.2. The van der Waals surface area contributed by atoms with Crippen molar-refractivity contribution in [2.45, 2.75) is 33.4 Å². The van der Waals surface area contributed by atoms with Crippen molar-refractivity contribution < 1.29 is 9.21 Å². The van der Waals surface area contributed by atoms with Gasteiger partial charge in [0.05, 0.1) is 23.9 Å². The molecular weight excluding hydrogens is 296 g/mol. The maximum atomic E-state index is 11.9. The molecule has 0 aliphatic heterocycles. The molecule has 0 unspecified atom stereocenters. The third kappa shape index (κ3) is 3.47. The van der Waals surface area contributed by atoms with Crippen LogP contribution >= 0.6 is 0 Å². The molecule has 0 saturated carbocycles. The van der Waals surface area contributed by atoms with E-state index in [1.807, 2.05) is 24.5 Å². The van der Waals surface area contributed by atoms with Gasteiger partial charge in [0, 0.05) is 19.2 Å². The van der Waals surface area contributed by atoms with E-state index in [1.165, 1.54) is 0 Å². The minimum atomic E-state index is -0.340. The Hall–Kier alpha value is -2.90. The van der Waals surface area contributed by atoms with Crippen molar-refractivity contribution in [2.24, 2.45) is 0 Å². The number of anilines is 1. The monoisotopic (exact) mass is 314 g/mol. The summed E-state index contributed by atoms with van der Waals surface area (Å²) >= 11 is 0. The summed E-state index contributed by atoms with van der Waals surface area (Å²) < 4.78 is 7.28. The summed E-state index contributed by atoms with van der Waals surface area (Å²) in [4.78, 5) is 16.3. The number of hydrogen-bond donors (Lipinski definition) is 2. The lowest BCUT2D eigenvalue weighted by Gasteiger charge is -2.06. The molecule has 3 rings (SSSR count). The van der Waals surface area contributed by atoms with Crippen LogP contribution in [-0.2, 0) is 13.1 Å². The van der Waals surface area contributed by atoms with Gasteiger partial charge in [0.25, 0.3) is 0 Å². The predicted molar refractivity (Wildman–Crippen MR) is 84.9 cm³/mol. The van der Waals surface area contributed by atoms with E-state index in [-0.39, 0.29) is 12.6 Å². The Bertz CT molecular complexity index is 822. The zero-order valence-electron chi connectivity index (χ0n) is 13.0. The van der Waals surface area contributed by atoms with Crippen molar-refractivity contribution in [1.82, 2.24) is 25.1 Å². The topological polar surface area (TPSA) is 97.9 Å². The van der Waals surface area contributed by atoms with E-state index < -0.39 is 0 Å². The number of nitrogens with zero attached hydrogens (tertiary/aromatic N) is 4. The average molecular weight is 314 g/mol. The number of hydrogen-bond acceptors (Lipinski definition) is 5. The first kappa shape index (κ1) is 15.0. The highest BCUT2D eigenvalue weighted by atomic mass is 16.4. The second-order valence-corrected chi connectivity index (χ2v) is 5.16. The van der Waals surface area contributed by atoms with Gasteiger partial charge in [-0.25, -0.2) is 9.78 Å². The molecule has 0 radical (unpaired) electrons. The van der Waals surface area contributed by atoms with Gasteiger partial charge in [0.2, 0.25) is 11.8 Å². The number of urea groups is 1. The Morgan fingerprint density at radius 2 is 2.22 bits per heavy atom. The lowest BCUT2D eigenvalue weighted by atomic mass is 10.2. The third-order valence-corrected chi connectivity index (χ3v) is 3.31. The summed E-state index contributed by atoms with van der Waals surface area (Å²) in [5.74, 6) is 0.835. The summed E-state index contributed by atoms with van der Waals surface area (Å²) in [6.07, 6.45) is 2.86. The smallest absolute Gasteiger partial charge is 0.319 e. The van der Waals surface area contributed by atoms with Gasteiger partial charge in [0.15, 0.2) is 0 Å². The Morgan fingerprint density at radius 3 is 2.96 bits per heavy atom. The molecule has 8 nitrogen and oxygen atoms in total. The molecule has 2 heterocycles. The van der Waals surface area contributed by atoms with E-state index in [4.69, 9.17) is 4.42 Å². The molecule has 2 amide bonds. The number of rotatable bonds is 5. The third-order valence-electron chi connectivity index (χ3n) is 3.31. The molecule has 0 fully saturated rings. The first-order valence-corrected chi connectivity index (χ1v) is 7.44. The van der Waals surface area contributed by atoms with E-state index in [2.05, 4.69) is 37.3 Å². The number of fused-ring (bicyclic) bond motifs is 1. The minimum absolute atomic E-state index is 0.181. The Labute approximate surface area is 132 Å². The van der Waals surface area contributed by atoms with Crippen molar-refractivity contribution in [3.63, 3.8) is 0 Å². The van der Waals surface area contributed by atoms with Gasteiger partial charge in [-0.15, -0.1) is 10.2 Å². The molecule has 0 spiro atoms. The van der Waals surface area contributed by atoms with Crippen molar-refractivity contribution in [2.75, 3.05) is 5.32 Å². The van der Waals surface area contributed by atoms with E-state index in [0.29, 0.717) is 17.5 Å². The molecule has 120 valence electrons. The normalized spacial score (nSPS) is 10.9. The molecule has 23 heavy (non-hydrogen) atoms. The van der Waals surface area contributed by atoms with Gasteiger partial charge in [-0.1, -0.05) is 6.92 Å². The van der Waals surface area contributed by atoms with Gasteiger partial charge in [-0.2, -0.15) is 0 Å². The van der Waals surface area contributed by atoms with Crippen LogP contribution in [0.2, 0.25) is 0 Å². The molecule has 0 bridgehead atoms. The summed E-state index contributed by atoms with van der Waals surface area (Å²) in [5.41, 5.74) is 2.58. The summed E-state index contributed by atoms with van der Waals surface area (Å²) in [6, 6.07) is 5.31. The van der Waals surface area contributed by atoms with Crippen LogP contribution in [0.4, 0.5) is 10.5 Å². The maximum Gasteiger partial charge on any atom is 0.319 e. The second-order valence-electron chi connectivity index (χ2n) is 5.16. The minimum Gasteiger partial charge on any atom is -0.424 e. The number of benzene rings is 1. The van der Waals surface area contributed by atoms with Crippen molar-refractivity contribution >= 4 is 22.8 Å². The molecule has 0 aliphatic carbocycles. The lowest BCUT2D eigenvalue weighted by Crippen LogP contribution is -2.28. The van der Waals surface area contributed by atoms with Gasteiger partial charge in [-0.3, -0.25) is 0 Å². The fraction of sp³-hybridized carbons (Fsp3) is 0.333. The van der Waals surface area contributed by atoms with Gasteiger partial charge in [0.1, 0.15) is 0 Å². The Balaban J connectivity index is 1.63. The quantitative estimate of drug-likeness (QED) is 0.754. The number of aryl methyl sites for hydroxylation is 2. The zero-order chi connectivity index (χ0) is 16.2. The predicted octanol–water partition coefficient (Wildman–Crippen LogP) is 2.46. The molecule has 0 saturated heterocycles. The molecule has 2 N–H and O–H groups in total. The van der Waals surface area contributed by atoms with Crippen molar-refractivity contribution in [3.8, 4) is 0 Å². The fourth-order valence-corrected chi connectivity index (χ4v) is 2.30. The van der Waals surface area contributed by atoms with E-state index in [0.717, 1.165) is 24.0 Å². The first-order valence-electron chi connectivity index (χ1n) is 7.44. The largest absolute Gasteiger partial charge is 0.424 e. The van der Waals surface area contributed by atoms with E-state index in [9.17, 15) is 4.79 Å². The standard InChI is InChI=1S/C15H18N6O2/c1-3-6-21-9-17-12-7-11(4-5-13(12)21)18-15(22)16-8-14-20-19-10(2)23-14/h4-5,7,9H,3,6,8H2,1-2H3,(H2,16,18,22). The molecule has 8 heteroatoms. The van der Waals surface area contributed by atoms with Crippen LogP contribution < -0.4 is 10.6 Å². The molecule has 0 atom stereocenters. The van der Waals surface area contributed by atoms with Crippen molar-refractivity contribution in [3.05, 3.63) is 36.3 Å². The van der Waals surface area contributed by atoms with Gasteiger partial charge in [-0.05, 0) is 24.6 Å². The van der Waals surface area contributed by atoms with Gasteiger partial charge < -0.3 is 19.6 Å². The van der Waals surface area contributed by atoms with Gasteiger partial charge >= 0.3 is 6.03 Å². The van der Waals surface area contributed by atoms with Crippen LogP contribution in [0, 0.1) is 6.92 Å². The maximum absolute atomic E-state index is 11.9. The lowest BCUT2D eigenvalue weighted by molar-refractivity contribution is 0.250. The highest BCUT2D eigenvalue weighted by Crippen LogP contribution is 2.18. The summed E-state index contributed by atoms with van der Waals surface area (Å²) in [7, 11) is 0. The summed E-state index contributed by atoms with van der Waals surface area (Å²) in [6.45, 7) is 4.92. The zero-order valence-corrected chi connectivity index (χ0v) is 13.0. The average Bonchev–Trinajstić information content (AvgIpc) is 3.12. The molecule has 2 aromatic heterocycles. The molecule has 3 aromatic rings. The van der Waals surface area contributed by atoms with Crippen LogP contribution in [0.25, 0.3) is 11.0 Å². The molecule has 1 aromatic carbocycles. The molecule has 0 aliphatic rings. The van der Waals surface area contributed by atoms with E-state index in [1.54, 1.807) is 6.92 Å². The number of amides is 2. The number of aromatic nitrogens is 4. The Morgan fingerprint density at radius 1 is 1.35 bits per heavy atom. The summed E-state index contributed by atoms with van der Waals surface area (Å²) in [5, 5.41) is 12.9. The highest BCUT2D eigenvalue weighted by Gasteiger charge is 2.08. The number of imidazole rings is 1. The SMILES string of the molecule is CCCn1cnc2cc(NC(=O)NCc3nnc(C)o3)ccc21. The number of nitrogens with one attached hydrogen (secondary N) is 2. The molecular formula is C15H18N6O2.